The van der Waals surface area contributed by atoms with Crippen LogP contribution >= 0.6 is 0 Å². The van der Waals surface area contributed by atoms with Crippen LogP contribution in [0.1, 0.15) is 0 Å². The minimum atomic E-state index is -4.07. The maximum Gasteiger partial charge on any atom is 0.324 e. The van der Waals surface area contributed by atoms with Gasteiger partial charge in [-0.05, 0) is 6.07 Å². The first-order chi connectivity index (χ1) is 7.45. The third kappa shape index (κ3) is 3.23. The highest BCUT2D eigenvalue weighted by Gasteiger charge is 2.40. The molecule has 90 valence electrons. The van der Waals surface area contributed by atoms with Crippen LogP contribution in [0.15, 0.2) is 18.3 Å². The zero-order valence-electron chi connectivity index (χ0n) is 8.05. The van der Waals surface area contributed by atoms with Gasteiger partial charge in [-0.3, -0.25) is 0 Å². The van der Waals surface area contributed by atoms with Gasteiger partial charge in [-0.15, -0.1) is 0 Å². The van der Waals surface area contributed by atoms with Crippen LogP contribution in [0.3, 0.4) is 0 Å². The van der Waals surface area contributed by atoms with Gasteiger partial charge < -0.3 is 10.7 Å². The quantitative estimate of drug-likeness (QED) is 0.415. The lowest BCUT2D eigenvalue weighted by Gasteiger charge is -2.16. The Labute approximate surface area is 88.8 Å². The van der Waals surface area contributed by atoms with Crippen LogP contribution in [0.25, 0.3) is 0 Å². The molecule has 1 aromatic heterocycles. The Hall–Kier alpha value is -1.57. The topological polar surface area (TPSA) is 63.0 Å². The maximum absolute atomic E-state index is 12.5. The van der Waals surface area contributed by atoms with Gasteiger partial charge in [-0.2, -0.15) is 8.78 Å². The molecule has 4 nitrogen and oxygen atoms in total. The largest absolute Gasteiger partial charge is 0.379 e. The average molecular weight is 238 g/mol. The fraction of sp³-hybridized carbons (Fsp3) is 0.375. The molecular weight excluding hydrogens is 228 g/mol. The number of hydrogen-bond donors (Lipinski definition) is 3. The third-order valence-corrected chi connectivity index (χ3v) is 1.76. The van der Waals surface area contributed by atoms with E-state index in [1.165, 1.54) is 18.3 Å². The van der Waals surface area contributed by atoms with Gasteiger partial charge in [0.1, 0.15) is 5.82 Å². The van der Waals surface area contributed by atoms with Crippen LogP contribution in [0.5, 0.6) is 0 Å². The van der Waals surface area contributed by atoms with E-state index in [2.05, 4.69) is 15.7 Å². The van der Waals surface area contributed by atoms with Crippen molar-refractivity contribution in [3.63, 3.8) is 0 Å². The molecule has 1 heterocycles. The normalized spacial score (nSPS) is 11.6. The monoisotopic (exact) mass is 238 g/mol. The van der Waals surface area contributed by atoms with E-state index >= 15 is 0 Å². The summed E-state index contributed by atoms with van der Waals surface area (Å²) in [6.07, 6.45) is -2.40. The number of rotatable bonds is 5. The van der Waals surface area contributed by atoms with E-state index < -0.39 is 18.9 Å². The number of aromatic nitrogens is 1. The molecule has 0 saturated carbocycles. The molecule has 0 spiro atoms. The molecule has 0 bridgehead atoms. The van der Waals surface area contributed by atoms with Crippen LogP contribution < -0.4 is 16.6 Å². The molecule has 0 aliphatic rings. The molecule has 0 unspecified atom stereocenters. The van der Waals surface area contributed by atoms with Gasteiger partial charge in [0.15, 0.2) is 0 Å². The summed E-state index contributed by atoms with van der Waals surface area (Å²) in [6, 6.07) is 2.68. The molecule has 1 aromatic rings. The fourth-order valence-corrected chi connectivity index (χ4v) is 0.916. The Kier molecular flexibility index (Phi) is 3.88. The van der Waals surface area contributed by atoms with Crippen molar-refractivity contribution in [2.75, 3.05) is 17.3 Å². The molecule has 0 amide bonds. The molecule has 0 aliphatic carbocycles. The Morgan fingerprint density at radius 3 is 2.69 bits per heavy atom. The molecule has 0 atom stereocenters. The highest BCUT2D eigenvalue weighted by molar-refractivity contribution is 5.51. The van der Waals surface area contributed by atoms with Crippen molar-refractivity contribution in [2.45, 2.75) is 12.3 Å². The number of hydrogen-bond acceptors (Lipinski definition) is 4. The molecular formula is C8H10F4N4. The molecule has 0 aromatic carbocycles. The van der Waals surface area contributed by atoms with E-state index in [0.717, 1.165) is 0 Å². The minimum Gasteiger partial charge on any atom is -0.379 e. The zero-order valence-corrected chi connectivity index (χ0v) is 8.05. The number of hydrazine groups is 1. The van der Waals surface area contributed by atoms with E-state index in [0.29, 0.717) is 0 Å². The molecule has 0 saturated heterocycles. The van der Waals surface area contributed by atoms with Gasteiger partial charge in [0.25, 0.3) is 0 Å². The van der Waals surface area contributed by atoms with Gasteiger partial charge in [0, 0.05) is 18.0 Å². The second kappa shape index (κ2) is 4.97. The molecule has 1 rings (SSSR count). The Morgan fingerprint density at radius 2 is 2.12 bits per heavy atom. The average Bonchev–Trinajstić information content (AvgIpc) is 2.26. The summed E-state index contributed by atoms with van der Waals surface area (Å²) in [5.41, 5.74) is 2.43. The molecule has 0 fully saturated rings. The number of anilines is 2. The van der Waals surface area contributed by atoms with Crippen molar-refractivity contribution in [3.8, 4) is 0 Å². The van der Waals surface area contributed by atoms with Crippen molar-refractivity contribution in [1.29, 1.82) is 0 Å². The summed E-state index contributed by atoms with van der Waals surface area (Å²) in [5, 5.41) is 2.18. The van der Waals surface area contributed by atoms with Crippen LogP contribution in [-0.4, -0.2) is 23.9 Å². The van der Waals surface area contributed by atoms with Crippen molar-refractivity contribution in [3.05, 3.63) is 18.3 Å². The number of pyridine rings is 1. The van der Waals surface area contributed by atoms with Crippen LogP contribution in [-0.2, 0) is 0 Å². The van der Waals surface area contributed by atoms with Crippen LogP contribution in [0.4, 0.5) is 29.1 Å². The number of nitrogens with one attached hydrogen (secondary N) is 2. The highest BCUT2D eigenvalue weighted by atomic mass is 19.3. The van der Waals surface area contributed by atoms with E-state index in [1.54, 1.807) is 0 Å². The van der Waals surface area contributed by atoms with Gasteiger partial charge in [-0.1, -0.05) is 0 Å². The second-order valence-corrected chi connectivity index (χ2v) is 2.99. The van der Waals surface area contributed by atoms with Gasteiger partial charge in [0.05, 0.1) is 6.54 Å². The zero-order chi connectivity index (χ0) is 12.2. The molecule has 0 aliphatic heterocycles. The predicted molar refractivity (Wildman–Crippen MR) is 51.5 cm³/mol. The lowest BCUT2D eigenvalue weighted by Crippen LogP contribution is -2.34. The molecule has 0 radical (unpaired) electrons. The SMILES string of the molecule is NNc1cc(NCC(F)(F)C(F)F)ccn1. The number of nitrogens with two attached hydrogens (primary N) is 1. The van der Waals surface area contributed by atoms with E-state index in [1.807, 2.05) is 0 Å². The lowest BCUT2D eigenvalue weighted by molar-refractivity contribution is -0.117. The summed E-state index contributed by atoms with van der Waals surface area (Å²) < 4.78 is 48.7. The van der Waals surface area contributed by atoms with E-state index in [4.69, 9.17) is 5.84 Å². The number of halogens is 4. The standard InChI is InChI=1S/C8H10F4N4/c9-7(10)8(11,12)4-15-5-1-2-14-6(3-5)16-13/h1-3,7H,4,13H2,(H2,14,15,16). The Balaban J connectivity index is 2.60. The highest BCUT2D eigenvalue weighted by Crippen LogP contribution is 2.23. The van der Waals surface area contributed by atoms with Gasteiger partial charge in [0.2, 0.25) is 0 Å². The summed E-state index contributed by atoms with van der Waals surface area (Å²) in [7, 11) is 0. The lowest BCUT2D eigenvalue weighted by atomic mass is 10.3. The van der Waals surface area contributed by atoms with Crippen molar-refractivity contribution in [1.82, 2.24) is 4.98 Å². The first kappa shape index (κ1) is 12.5. The van der Waals surface area contributed by atoms with E-state index in [9.17, 15) is 17.6 Å². The van der Waals surface area contributed by atoms with Crippen LogP contribution in [0, 0.1) is 0 Å². The van der Waals surface area contributed by atoms with E-state index in [-0.39, 0.29) is 11.5 Å². The Morgan fingerprint density at radius 1 is 1.44 bits per heavy atom. The van der Waals surface area contributed by atoms with Crippen molar-refractivity contribution in [2.24, 2.45) is 5.84 Å². The Bertz CT molecular complexity index is 345. The summed E-state index contributed by atoms with van der Waals surface area (Å²) in [5.74, 6) is 1.21. The number of nitrogen functional groups attached to an aromatic ring is 1. The summed E-state index contributed by atoms with van der Waals surface area (Å²) in [4.78, 5) is 3.73. The summed E-state index contributed by atoms with van der Waals surface area (Å²) in [6.45, 7) is -1.15. The molecule has 8 heteroatoms. The third-order valence-electron chi connectivity index (χ3n) is 1.76. The van der Waals surface area contributed by atoms with Crippen LogP contribution in [0.2, 0.25) is 0 Å². The molecule has 16 heavy (non-hydrogen) atoms. The second-order valence-electron chi connectivity index (χ2n) is 2.99. The van der Waals surface area contributed by atoms with Crippen molar-refractivity contribution >= 4 is 11.5 Å². The number of nitrogens with zero attached hydrogens (tertiary/aromatic N) is 1. The number of alkyl halides is 4. The maximum atomic E-state index is 12.5. The van der Waals surface area contributed by atoms with Gasteiger partial charge in [-0.25, -0.2) is 19.6 Å². The molecule has 4 N–H and O–H groups in total. The first-order valence-corrected chi connectivity index (χ1v) is 4.28. The summed E-state index contributed by atoms with van der Waals surface area (Å²) >= 11 is 0. The smallest absolute Gasteiger partial charge is 0.324 e. The minimum absolute atomic E-state index is 0.225. The predicted octanol–water partition coefficient (Wildman–Crippen LogP) is 1.68. The fourth-order valence-electron chi connectivity index (χ4n) is 0.916. The first-order valence-electron chi connectivity index (χ1n) is 4.28. The van der Waals surface area contributed by atoms with Gasteiger partial charge >= 0.3 is 12.3 Å². The van der Waals surface area contributed by atoms with Crippen molar-refractivity contribution < 1.29 is 17.6 Å².